The van der Waals surface area contributed by atoms with Crippen LogP contribution in [0.1, 0.15) is 24.8 Å². The van der Waals surface area contributed by atoms with Gasteiger partial charge in [0.15, 0.2) is 0 Å². The second-order valence-corrected chi connectivity index (χ2v) is 4.74. The van der Waals surface area contributed by atoms with Crippen LogP contribution < -0.4 is 11.1 Å². The minimum atomic E-state index is 0.586. The minimum Gasteiger partial charge on any atom is -0.330 e. The molecule has 2 nitrogen and oxygen atoms in total. The molecule has 0 spiro atoms. The van der Waals surface area contributed by atoms with E-state index in [2.05, 4.69) is 35.6 Å². The monoisotopic (exact) mass is 218 g/mol. The normalized spacial score (nSPS) is 22.9. The summed E-state index contributed by atoms with van der Waals surface area (Å²) in [5, 5.41) is 3.61. The quantitative estimate of drug-likeness (QED) is 0.810. The highest BCUT2D eigenvalue weighted by Crippen LogP contribution is 2.18. The largest absolute Gasteiger partial charge is 0.330 e. The topological polar surface area (TPSA) is 38.0 Å². The summed E-state index contributed by atoms with van der Waals surface area (Å²) in [6.07, 6.45) is 5.06. The number of hydrogen-bond acceptors (Lipinski definition) is 2. The van der Waals surface area contributed by atoms with Gasteiger partial charge in [0.1, 0.15) is 0 Å². The average Bonchev–Trinajstić information content (AvgIpc) is 2.38. The van der Waals surface area contributed by atoms with Crippen molar-refractivity contribution in [2.75, 3.05) is 13.1 Å². The molecule has 0 saturated carbocycles. The lowest BCUT2D eigenvalue weighted by Crippen LogP contribution is -2.43. The number of piperidine rings is 1. The van der Waals surface area contributed by atoms with Crippen LogP contribution in [0.4, 0.5) is 0 Å². The molecule has 0 unspecified atom stereocenters. The Morgan fingerprint density at radius 1 is 1.25 bits per heavy atom. The lowest BCUT2D eigenvalue weighted by atomic mass is 9.87. The standard InChI is InChI=1S/C14H22N2/c15-11-13(14-8-4-5-9-16-14)10-12-6-2-1-3-7-12/h1-3,6-7,13-14,16H,4-5,8-11,15H2/t13-,14-/m1/s1. The van der Waals surface area contributed by atoms with Crippen LogP contribution >= 0.6 is 0 Å². The molecule has 2 rings (SSSR count). The van der Waals surface area contributed by atoms with E-state index in [1.54, 1.807) is 0 Å². The predicted molar refractivity (Wildman–Crippen MR) is 68.3 cm³/mol. The fraction of sp³-hybridized carbons (Fsp3) is 0.571. The number of benzene rings is 1. The zero-order valence-electron chi connectivity index (χ0n) is 9.86. The second-order valence-electron chi connectivity index (χ2n) is 4.74. The van der Waals surface area contributed by atoms with Gasteiger partial charge in [-0.05, 0) is 43.8 Å². The Morgan fingerprint density at radius 2 is 2.06 bits per heavy atom. The summed E-state index contributed by atoms with van der Waals surface area (Å²) in [6.45, 7) is 1.95. The molecule has 88 valence electrons. The van der Waals surface area contributed by atoms with Crippen molar-refractivity contribution in [3.05, 3.63) is 35.9 Å². The lowest BCUT2D eigenvalue weighted by molar-refractivity contribution is 0.297. The van der Waals surface area contributed by atoms with Gasteiger partial charge in [-0.3, -0.25) is 0 Å². The smallest absolute Gasteiger partial charge is 0.0111 e. The molecule has 0 aromatic heterocycles. The van der Waals surface area contributed by atoms with Gasteiger partial charge in [0.25, 0.3) is 0 Å². The Labute approximate surface area is 98.2 Å². The van der Waals surface area contributed by atoms with Crippen molar-refractivity contribution in [2.45, 2.75) is 31.7 Å². The predicted octanol–water partition coefficient (Wildman–Crippen LogP) is 1.95. The van der Waals surface area contributed by atoms with E-state index >= 15 is 0 Å². The van der Waals surface area contributed by atoms with Crippen LogP contribution in [0.25, 0.3) is 0 Å². The first kappa shape index (κ1) is 11.6. The van der Waals surface area contributed by atoms with Gasteiger partial charge < -0.3 is 11.1 Å². The fourth-order valence-corrected chi connectivity index (χ4v) is 2.59. The van der Waals surface area contributed by atoms with E-state index in [0.29, 0.717) is 12.0 Å². The number of hydrogen-bond donors (Lipinski definition) is 2. The molecular formula is C14H22N2. The molecule has 1 aliphatic rings. The highest BCUT2D eigenvalue weighted by atomic mass is 14.9. The van der Waals surface area contributed by atoms with Gasteiger partial charge in [0, 0.05) is 6.04 Å². The van der Waals surface area contributed by atoms with Gasteiger partial charge in [-0.15, -0.1) is 0 Å². The minimum absolute atomic E-state index is 0.586. The third-order valence-corrected chi connectivity index (χ3v) is 3.56. The van der Waals surface area contributed by atoms with Gasteiger partial charge in [0.05, 0.1) is 0 Å². The number of nitrogens with one attached hydrogen (secondary N) is 1. The van der Waals surface area contributed by atoms with Crippen molar-refractivity contribution in [3.63, 3.8) is 0 Å². The van der Waals surface area contributed by atoms with Crippen LogP contribution in [0.3, 0.4) is 0 Å². The molecule has 1 aromatic rings. The van der Waals surface area contributed by atoms with Gasteiger partial charge in [-0.1, -0.05) is 36.8 Å². The Morgan fingerprint density at radius 3 is 2.69 bits per heavy atom. The van der Waals surface area contributed by atoms with E-state index in [1.807, 2.05) is 0 Å². The molecule has 0 radical (unpaired) electrons. The van der Waals surface area contributed by atoms with E-state index < -0.39 is 0 Å². The summed E-state index contributed by atoms with van der Waals surface area (Å²) in [6, 6.07) is 11.3. The lowest BCUT2D eigenvalue weighted by Gasteiger charge is -2.30. The van der Waals surface area contributed by atoms with E-state index in [0.717, 1.165) is 19.5 Å². The molecule has 1 heterocycles. The Kier molecular flexibility index (Phi) is 4.37. The van der Waals surface area contributed by atoms with E-state index in [-0.39, 0.29) is 0 Å². The summed E-state index contributed by atoms with van der Waals surface area (Å²) in [5.74, 6) is 0.586. The molecule has 0 bridgehead atoms. The van der Waals surface area contributed by atoms with Crippen LogP contribution in [0.15, 0.2) is 30.3 Å². The molecular weight excluding hydrogens is 196 g/mol. The van der Waals surface area contributed by atoms with Gasteiger partial charge in [0.2, 0.25) is 0 Å². The number of rotatable bonds is 4. The Balaban J connectivity index is 1.94. The summed E-state index contributed by atoms with van der Waals surface area (Å²) >= 11 is 0. The van der Waals surface area contributed by atoms with Crippen molar-refractivity contribution < 1.29 is 0 Å². The molecule has 2 heteroatoms. The Hall–Kier alpha value is -0.860. The summed E-state index contributed by atoms with van der Waals surface area (Å²) in [5.41, 5.74) is 7.32. The Bertz CT molecular complexity index is 291. The molecule has 2 atom stereocenters. The van der Waals surface area contributed by atoms with Crippen molar-refractivity contribution in [3.8, 4) is 0 Å². The summed E-state index contributed by atoms with van der Waals surface area (Å²) in [7, 11) is 0. The molecule has 16 heavy (non-hydrogen) atoms. The summed E-state index contributed by atoms with van der Waals surface area (Å²) in [4.78, 5) is 0. The van der Waals surface area contributed by atoms with Crippen molar-refractivity contribution in [1.82, 2.24) is 5.32 Å². The molecule has 1 fully saturated rings. The fourth-order valence-electron chi connectivity index (χ4n) is 2.59. The van der Waals surface area contributed by atoms with Gasteiger partial charge >= 0.3 is 0 Å². The van der Waals surface area contributed by atoms with Crippen LogP contribution in [0.2, 0.25) is 0 Å². The highest BCUT2D eigenvalue weighted by Gasteiger charge is 2.21. The van der Waals surface area contributed by atoms with Crippen LogP contribution in [-0.4, -0.2) is 19.1 Å². The van der Waals surface area contributed by atoms with Crippen LogP contribution in [-0.2, 0) is 6.42 Å². The third-order valence-electron chi connectivity index (χ3n) is 3.56. The molecule has 3 N–H and O–H groups in total. The highest BCUT2D eigenvalue weighted by molar-refractivity contribution is 5.15. The van der Waals surface area contributed by atoms with Crippen molar-refractivity contribution >= 4 is 0 Å². The molecule has 0 amide bonds. The van der Waals surface area contributed by atoms with Crippen molar-refractivity contribution in [1.29, 1.82) is 0 Å². The number of nitrogens with two attached hydrogens (primary N) is 1. The zero-order chi connectivity index (χ0) is 11.2. The van der Waals surface area contributed by atoms with E-state index in [4.69, 9.17) is 5.73 Å². The SMILES string of the molecule is NC[C@@H](Cc1ccccc1)[C@H]1CCCCN1. The van der Waals surface area contributed by atoms with Crippen LogP contribution in [0.5, 0.6) is 0 Å². The maximum Gasteiger partial charge on any atom is 0.0111 e. The first-order valence-corrected chi connectivity index (χ1v) is 6.37. The average molecular weight is 218 g/mol. The van der Waals surface area contributed by atoms with Gasteiger partial charge in [-0.25, -0.2) is 0 Å². The maximum absolute atomic E-state index is 5.91. The molecule has 1 aromatic carbocycles. The van der Waals surface area contributed by atoms with E-state index in [9.17, 15) is 0 Å². The molecule has 0 aliphatic carbocycles. The first-order chi connectivity index (χ1) is 7.90. The second kappa shape index (κ2) is 6.02. The maximum atomic E-state index is 5.91. The zero-order valence-corrected chi connectivity index (χ0v) is 9.86. The molecule has 1 aliphatic heterocycles. The first-order valence-electron chi connectivity index (χ1n) is 6.37. The van der Waals surface area contributed by atoms with Crippen LogP contribution in [0, 0.1) is 5.92 Å². The molecule has 1 saturated heterocycles. The van der Waals surface area contributed by atoms with Crippen molar-refractivity contribution in [2.24, 2.45) is 11.7 Å². The van der Waals surface area contributed by atoms with E-state index in [1.165, 1.54) is 24.8 Å². The third kappa shape index (κ3) is 3.06. The van der Waals surface area contributed by atoms with Gasteiger partial charge in [-0.2, -0.15) is 0 Å². The summed E-state index contributed by atoms with van der Waals surface area (Å²) < 4.78 is 0.